The number of carbonyl (C=O) groups is 1. The van der Waals surface area contributed by atoms with Crippen LogP contribution in [-0.2, 0) is 11.2 Å². The lowest BCUT2D eigenvalue weighted by Crippen LogP contribution is -2.25. The maximum atomic E-state index is 11.6. The van der Waals surface area contributed by atoms with Crippen molar-refractivity contribution in [2.24, 2.45) is 17.4 Å². The molecule has 0 radical (unpaired) electrons. The Morgan fingerprint density at radius 3 is 2.82 bits per heavy atom. The van der Waals surface area contributed by atoms with Crippen molar-refractivity contribution in [3.8, 4) is 0 Å². The standard InChI is InChI=1S/C13H19N3O/c1-8(7-14)13(15)9-3-4-11-10(5-9)6-12(17)16(11)2/h3-5,8,13H,6-7,14-15H2,1-2H3. The second kappa shape index (κ2) is 4.47. The van der Waals surface area contributed by atoms with Crippen LogP contribution in [-0.4, -0.2) is 19.5 Å². The Labute approximate surface area is 102 Å². The smallest absolute Gasteiger partial charge is 0.231 e. The molecular formula is C13H19N3O. The van der Waals surface area contributed by atoms with Crippen LogP contribution in [0.15, 0.2) is 18.2 Å². The minimum Gasteiger partial charge on any atom is -0.330 e. The first-order valence-electron chi connectivity index (χ1n) is 5.89. The molecule has 1 aromatic carbocycles. The predicted octanol–water partition coefficient (Wildman–Crippen LogP) is 0.800. The van der Waals surface area contributed by atoms with Gasteiger partial charge >= 0.3 is 0 Å². The second-order valence-electron chi connectivity index (χ2n) is 4.76. The van der Waals surface area contributed by atoms with Crippen LogP contribution in [0.3, 0.4) is 0 Å². The minimum absolute atomic E-state index is 0.0636. The van der Waals surface area contributed by atoms with Crippen molar-refractivity contribution in [2.45, 2.75) is 19.4 Å². The largest absolute Gasteiger partial charge is 0.330 e. The summed E-state index contributed by atoms with van der Waals surface area (Å²) in [6.07, 6.45) is 0.476. The molecule has 1 aliphatic rings. The summed E-state index contributed by atoms with van der Waals surface area (Å²) in [5.74, 6) is 0.375. The Balaban J connectivity index is 2.30. The fraction of sp³-hybridized carbons (Fsp3) is 0.462. The highest BCUT2D eigenvalue weighted by Gasteiger charge is 2.25. The van der Waals surface area contributed by atoms with E-state index in [9.17, 15) is 4.79 Å². The Bertz CT molecular complexity index is 444. The lowest BCUT2D eigenvalue weighted by molar-refractivity contribution is -0.117. The normalized spacial score (nSPS) is 18.1. The van der Waals surface area contributed by atoms with Gasteiger partial charge in [0.1, 0.15) is 0 Å². The fourth-order valence-corrected chi connectivity index (χ4v) is 2.17. The van der Waals surface area contributed by atoms with Crippen molar-refractivity contribution in [2.75, 3.05) is 18.5 Å². The highest BCUT2D eigenvalue weighted by molar-refractivity contribution is 6.00. The lowest BCUT2D eigenvalue weighted by Gasteiger charge is -2.19. The number of benzene rings is 1. The molecular weight excluding hydrogens is 214 g/mol. The summed E-state index contributed by atoms with van der Waals surface area (Å²) >= 11 is 0. The summed E-state index contributed by atoms with van der Waals surface area (Å²) < 4.78 is 0. The summed E-state index contributed by atoms with van der Waals surface area (Å²) in [6.45, 7) is 2.60. The van der Waals surface area contributed by atoms with Crippen molar-refractivity contribution in [1.82, 2.24) is 0 Å². The van der Waals surface area contributed by atoms with Gasteiger partial charge in [-0.25, -0.2) is 0 Å². The van der Waals surface area contributed by atoms with E-state index in [0.29, 0.717) is 13.0 Å². The van der Waals surface area contributed by atoms with Crippen molar-refractivity contribution in [1.29, 1.82) is 0 Å². The van der Waals surface area contributed by atoms with E-state index in [4.69, 9.17) is 11.5 Å². The number of amides is 1. The molecule has 0 aliphatic carbocycles. The third kappa shape index (κ3) is 2.06. The first-order chi connectivity index (χ1) is 8.04. The summed E-state index contributed by atoms with van der Waals surface area (Å²) in [5, 5.41) is 0. The number of fused-ring (bicyclic) bond motifs is 1. The number of likely N-dealkylation sites (N-methyl/N-ethyl adjacent to an activating group) is 1. The van der Waals surface area contributed by atoms with Crippen LogP contribution < -0.4 is 16.4 Å². The Morgan fingerprint density at radius 2 is 2.18 bits per heavy atom. The van der Waals surface area contributed by atoms with Gasteiger partial charge in [0.05, 0.1) is 6.42 Å². The first kappa shape index (κ1) is 12.1. The van der Waals surface area contributed by atoms with E-state index >= 15 is 0 Å². The molecule has 92 valence electrons. The monoisotopic (exact) mass is 233 g/mol. The molecule has 0 bridgehead atoms. The molecule has 2 unspecified atom stereocenters. The minimum atomic E-state index is -0.0636. The van der Waals surface area contributed by atoms with Gasteiger partial charge in [-0.1, -0.05) is 19.1 Å². The van der Waals surface area contributed by atoms with E-state index in [2.05, 4.69) is 0 Å². The highest BCUT2D eigenvalue weighted by Crippen LogP contribution is 2.31. The SMILES string of the molecule is CC(CN)C(N)c1ccc2c(c1)CC(=O)N2C. The third-order valence-electron chi connectivity index (χ3n) is 3.55. The Kier molecular flexibility index (Phi) is 3.17. The van der Waals surface area contributed by atoms with Gasteiger partial charge in [0.2, 0.25) is 5.91 Å². The van der Waals surface area contributed by atoms with Gasteiger partial charge in [0.15, 0.2) is 0 Å². The number of carbonyl (C=O) groups excluding carboxylic acids is 1. The molecule has 0 spiro atoms. The van der Waals surface area contributed by atoms with Crippen molar-refractivity contribution in [3.05, 3.63) is 29.3 Å². The van der Waals surface area contributed by atoms with E-state index < -0.39 is 0 Å². The van der Waals surface area contributed by atoms with Gasteiger partial charge in [-0.05, 0) is 29.7 Å². The molecule has 4 heteroatoms. The number of rotatable bonds is 3. The average Bonchev–Trinajstić information content (AvgIpc) is 2.62. The quantitative estimate of drug-likeness (QED) is 0.811. The molecule has 4 N–H and O–H groups in total. The molecule has 1 heterocycles. The average molecular weight is 233 g/mol. The van der Waals surface area contributed by atoms with E-state index in [1.165, 1.54) is 0 Å². The summed E-state index contributed by atoms with van der Waals surface area (Å²) in [7, 11) is 1.80. The zero-order valence-electron chi connectivity index (χ0n) is 10.3. The fourth-order valence-electron chi connectivity index (χ4n) is 2.17. The molecule has 17 heavy (non-hydrogen) atoms. The van der Waals surface area contributed by atoms with Crippen LogP contribution in [0.25, 0.3) is 0 Å². The number of hydrogen-bond donors (Lipinski definition) is 2. The van der Waals surface area contributed by atoms with Gasteiger partial charge in [0, 0.05) is 18.8 Å². The van der Waals surface area contributed by atoms with Crippen LogP contribution in [0.1, 0.15) is 24.1 Å². The van der Waals surface area contributed by atoms with E-state index in [-0.39, 0.29) is 17.9 Å². The molecule has 1 amide bonds. The number of nitrogens with two attached hydrogens (primary N) is 2. The summed E-state index contributed by atoms with van der Waals surface area (Å²) in [4.78, 5) is 13.3. The molecule has 2 rings (SSSR count). The molecule has 4 nitrogen and oxygen atoms in total. The predicted molar refractivity (Wildman–Crippen MR) is 68.7 cm³/mol. The number of anilines is 1. The van der Waals surface area contributed by atoms with Gasteiger partial charge < -0.3 is 16.4 Å². The zero-order chi connectivity index (χ0) is 12.6. The zero-order valence-corrected chi connectivity index (χ0v) is 10.3. The molecule has 0 aromatic heterocycles. The van der Waals surface area contributed by atoms with Crippen LogP contribution in [0.2, 0.25) is 0 Å². The summed E-state index contributed by atoms with van der Waals surface area (Å²) in [6, 6.07) is 5.93. The second-order valence-corrected chi connectivity index (χ2v) is 4.76. The van der Waals surface area contributed by atoms with Crippen molar-refractivity contribution >= 4 is 11.6 Å². The number of nitrogens with zero attached hydrogens (tertiary/aromatic N) is 1. The van der Waals surface area contributed by atoms with E-state index in [0.717, 1.165) is 16.8 Å². The molecule has 0 saturated carbocycles. The third-order valence-corrected chi connectivity index (χ3v) is 3.55. The van der Waals surface area contributed by atoms with Crippen molar-refractivity contribution < 1.29 is 4.79 Å². The topological polar surface area (TPSA) is 72.3 Å². The molecule has 2 atom stereocenters. The molecule has 1 aromatic rings. The molecule has 0 saturated heterocycles. The van der Waals surface area contributed by atoms with Crippen LogP contribution >= 0.6 is 0 Å². The highest BCUT2D eigenvalue weighted by atomic mass is 16.2. The van der Waals surface area contributed by atoms with Crippen LogP contribution in [0.5, 0.6) is 0 Å². The van der Waals surface area contributed by atoms with Crippen LogP contribution in [0.4, 0.5) is 5.69 Å². The molecule has 1 aliphatic heterocycles. The van der Waals surface area contributed by atoms with Crippen LogP contribution in [0, 0.1) is 5.92 Å². The lowest BCUT2D eigenvalue weighted by atomic mass is 9.94. The number of hydrogen-bond acceptors (Lipinski definition) is 3. The van der Waals surface area contributed by atoms with Gasteiger partial charge in [-0.15, -0.1) is 0 Å². The summed E-state index contributed by atoms with van der Waals surface area (Å²) in [5.41, 5.74) is 14.9. The van der Waals surface area contributed by atoms with Gasteiger partial charge in [-0.3, -0.25) is 4.79 Å². The Morgan fingerprint density at radius 1 is 1.47 bits per heavy atom. The van der Waals surface area contributed by atoms with Gasteiger partial charge in [-0.2, -0.15) is 0 Å². The maximum Gasteiger partial charge on any atom is 0.231 e. The van der Waals surface area contributed by atoms with E-state index in [1.54, 1.807) is 11.9 Å². The Hall–Kier alpha value is -1.39. The molecule has 0 fully saturated rings. The van der Waals surface area contributed by atoms with Crippen molar-refractivity contribution in [3.63, 3.8) is 0 Å². The van der Waals surface area contributed by atoms with E-state index in [1.807, 2.05) is 25.1 Å². The van der Waals surface area contributed by atoms with Gasteiger partial charge in [0.25, 0.3) is 0 Å². The first-order valence-corrected chi connectivity index (χ1v) is 5.89. The maximum absolute atomic E-state index is 11.6.